The van der Waals surface area contributed by atoms with Crippen LogP contribution in [0, 0.1) is 0 Å². The Labute approximate surface area is 120 Å². The molecule has 0 unspecified atom stereocenters. The topological polar surface area (TPSA) is 64.3 Å². The fraction of sp³-hybridized carbons (Fsp3) is 0.438. The summed E-state index contributed by atoms with van der Waals surface area (Å²) in [5, 5.41) is 3.07. The molecule has 1 aromatic rings. The second kappa shape index (κ2) is 7.10. The van der Waals surface area contributed by atoms with Crippen molar-refractivity contribution in [3.05, 3.63) is 42.5 Å². The number of amides is 1. The number of hydrogen-bond donors (Lipinski definition) is 2. The Balaban J connectivity index is 1.99. The highest BCUT2D eigenvalue weighted by Crippen LogP contribution is 2.21. The van der Waals surface area contributed by atoms with Crippen LogP contribution >= 0.6 is 0 Å². The van der Waals surface area contributed by atoms with Crippen LogP contribution in [-0.2, 0) is 0 Å². The van der Waals surface area contributed by atoms with Crippen molar-refractivity contribution < 1.29 is 9.53 Å². The molecule has 1 fully saturated rings. The maximum atomic E-state index is 12.3. The van der Waals surface area contributed by atoms with Gasteiger partial charge in [0.25, 0.3) is 5.91 Å². The molecule has 0 atom stereocenters. The lowest BCUT2D eigenvalue weighted by atomic mass is 9.91. The molecule has 0 spiro atoms. The van der Waals surface area contributed by atoms with Crippen molar-refractivity contribution in [3.63, 3.8) is 0 Å². The first kappa shape index (κ1) is 14.6. The first-order valence-corrected chi connectivity index (χ1v) is 7.10. The number of hydrogen-bond acceptors (Lipinski definition) is 3. The summed E-state index contributed by atoms with van der Waals surface area (Å²) >= 11 is 0. The van der Waals surface area contributed by atoms with Crippen LogP contribution < -0.4 is 15.8 Å². The molecule has 20 heavy (non-hydrogen) atoms. The summed E-state index contributed by atoms with van der Waals surface area (Å²) in [6.45, 7) is 4.00. The van der Waals surface area contributed by atoms with Gasteiger partial charge >= 0.3 is 0 Å². The first-order chi connectivity index (χ1) is 9.70. The van der Waals surface area contributed by atoms with Gasteiger partial charge in [-0.1, -0.05) is 24.8 Å². The van der Waals surface area contributed by atoms with Gasteiger partial charge in [0.1, 0.15) is 12.4 Å². The number of ether oxygens (including phenoxy) is 1. The Kier molecular flexibility index (Phi) is 5.18. The molecule has 3 N–H and O–H groups in total. The van der Waals surface area contributed by atoms with Gasteiger partial charge in [-0.2, -0.15) is 0 Å². The lowest BCUT2D eigenvalue weighted by Gasteiger charge is -2.27. The third-order valence-corrected chi connectivity index (χ3v) is 3.60. The third kappa shape index (κ3) is 3.84. The minimum Gasteiger partial charge on any atom is -0.489 e. The average molecular weight is 274 g/mol. The van der Waals surface area contributed by atoms with E-state index in [1.165, 1.54) is 0 Å². The summed E-state index contributed by atoms with van der Waals surface area (Å²) in [6.07, 6.45) is 5.50. The Morgan fingerprint density at radius 1 is 1.35 bits per heavy atom. The second-order valence-corrected chi connectivity index (χ2v) is 5.18. The molecule has 0 radical (unpaired) electrons. The van der Waals surface area contributed by atoms with Crippen molar-refractivity contribution in [2.24, 2.45) is 5.73 Å². The van der Waals surface area contributed by atoms with E-state index in [4.69, 9.17) is 10.5 Å². The van der Waals surface area contributed by atoms with Crippen LogP contribution in [0.25, 0.3) is 0 Å². The fourth-order valence-electron chi connectivity index (χ4n) is 2.46. The molecule has 0 aromatic heterocycles. The molecule has 1 saturated carbocycles. The summed E-state index contributed by atoms with van der Waals surface area (Å²) in [7, 11) is 0. The van der Waals surface area contributed by atoms with Crippen molar-refractivity contribution in [2.75, 3.05) is 6.61 Å². The summed E-state index contributed by atoms with van der Waals surface area (Å²) in [5.74, 6) is 0.516. The molecular weight excluding hydrogens is 252 g/mol. The van der Waals surface area contributed by atoms with Crippen molar-refractivity contribution >= 4 is 5.91 Å². The van der Waals surface area contributed by atoms with Gasteiger partial charge in [-0.25, -0.2) is 0 Å². The number of nitrogens with two attached hydrogens (primary N) is 1. The van der Waals surface area contributed by atoms with Gasteiger partial charge in [0, 0.05) is 12.1 Å². The molecule has 1 aliphatic rings. The minimum atomic E-state index is -0.0786. The van der Waals surface area contributed by atoms with E-state index in [0.717, 1.165) is 25.7 Å². The molecule has 0 heterocycles. The van der Waals surface area contributed by atoms with Gasteiger partial charge in [0.2, 0.25) is 0 Å². The molecule has 4 heteroatoms. The van der Waals surface area contributed by atoms with Gasteiger partial charge in [-0.15, -0.1) is 0 Å². The Bertz CT molecular complexity index is 465. The van der Waals surface area contributed by atoms with Crippen molar-refractivity contribution in [3.8, 4) is 5.75 Å². The van der Waals surface area contributed by atoms with E-state index in [-0.39, 0.29) is 18.0 Å². The zero-order chi connectivity index (χ0) is 14.4. The quantitative estimate of drug-likeness (QED) is 0.809. The second-order valence-electron chi connectivity index (χ2n) is 5.18. The zero-order valence-corrected chi connectivity index (χ0v) is 11.7. The van der Waals surface area contributed by atoms with E-state index in [1.54, 1.807) is 18.2 Å². The monoisotopic (exact) mass is 274 g/mol. The standard InChI is InChI=1S/C16H22N2O2/c1-2-11-20-15-6-4-3-5-14(15)16(19)18-13-9-7-12(17)8-10-13/h2-6,12-13H,1,7-11,17H2,(H,18,19). The first-order valence-electron chi connectivity index (χ1n) is 7.10. The lowest BCUT2D eigenvalue weighted by molar-refractivity contribution is 0.0922. The van der Waals surface area contributed by atoms with Crippen LogP contribution in [0.1, 0.15) is 36.0 Å². The fourth-order valence-corrected chi connectivity index (χ4v) is 2.46. The molecule has 0 bridgehead atoms. The smallest absolute Gasteiger partial charge is 0.255 e. The largest absolute Gasteiger partial charge is 0.489 e. The van der Waals surface area contributed by atoms with Crippen LogP contribution in [0.2, 0.25) is 0 Å². The van der Waals surface area contributed by atoms with Gasteiger partial charge in [0.05, 0.1) is 5.56 Å². The number of benzene rings is 1. The molecule has 108 valence electrons. The molecule has 4 nitrogen and oxygen atoms in total. The molecule has 1 aromatic carbocycles. The van der Waals surface area contributed by atoms with Crippen LogP contribution in [0.15, 0.2) is 36.9 Å². The van der Waals surface area contributed by atoms with Crippen LogP contribution in [0.4, 0.5) is 0 Å². The van der Waals surface area contributed by atoms with Crippen LogP contribution in [0.3, 0.4) is 0 Å². The van der Waals surface area contributed by atoms with Crippen molar-refractivity contribution in [2.45, 2.75) is 37.8 Å². The highest BCUT2D eigenvalue weighted by atomic mass is 16.5. The molecule has 2 rings (SSSR count). The highest BCUT2D eigenvalue weighted by Gasteiger charge is 2.21. The highest BCUT2D eigenvalue weighted by molar-refractivity contribution is 5.97. The Morgan fingerprint density at radius 3 is 2.75 bits per heavy atom. The molecular formula is C16H22N2O2. The maximum absolute atomic E-state index is 12.3. The summed E-state index contributed by atoms with van der Waals surface area (Å²) in [5.41, 5.74) is 6.45. The normalized spacial score (nSPS) is 22.1. The van der Waals surface area contributed by atoms with E-state index in [2.05, 4.69) is 11.9 Å². The number of nitrogens with one attached hydrogen (secondary N) is 1. The number of rotatable bonds is 5. The van der Waals surface area contributed by atoms with Gasteiger partial charge in [0.15, 0.2) is 0 Å². The predicted octanol–water partition coefficient (Wildman–Crippen LogP) is 2.25. The summed E-state index contributed by atoms with van der Waals surface area (Å²) in [6, 6.07) is 7.78. The number of carbonyl (C=O) groups excluding carboxylic acids is 1. The van der Waals surface area contributed by atoms with E-state index >= 15 is 0 Å². The average Bonchev–Trinajstić information content (AvgIpc) is 2.47. The molecule has 0 saturated heterocycles. The van der Waals surface area contributed by atoms with Crippen molar-refractivity contribution in [1.82, 2.24) is 5.32 Å². The van der Waals surface area contributed by atoms with Crippen LogP contribution in [-0.4, -0.2) is 24.6 Å². The molecule has 1 amide bonds. The van der Waals surface area contributed by atoms with Crippen molar-refractivity contribution in [1.29, 1.82) is 0 Å². The third-order valence-electron chi connectivity index (χ3n) is 3.60. The van der Waals surface area contributed by atoms with Gasteiger partial charge < -0.3 is 15.8 Å². The summed E-state index contributed by atoms with van der Waals surface area (Å²) < 4.78 is 5.51. The van der Waals surface area contributed by atoms with Gasteiger partial charge in [-0.05, 0) is 37.8 Å². The summed E-state index contributed by atoms with van der Waals surface area (Å²) in [4.78, 5) is 12.3. The number of para-hydroxylation sites is 1. The predicted molar refractivity (Wildman–Crippen MR) is 79.8 cm³/mol. The maximum Gasteiger partial charge on any atom is 0.255 e. The van der Waals surface area contributed by atoms with E-state index in [9.17, 15) is 4.79 Å². The van der Waals surface area contributed by atoms with Gasteiger partial charge in [-0.3, -0.25) is 4.79 Å². The zero-order valence-electron chi connectivity index (χ0n) is 11.7. The molecule has 1 aliphatic carbocycles. The lowest BCUT2D eigenvalue weighted by Crippen LogP contribution is -2.40. The minimum absolute atomic E-state index is 0.0786. The van der Waals surface area contributed by atoms with E-state index in [0.29, 0.717) is 17.9 Å². The number of carbonyl (C=O) groups is 1. The molecule has 0 aliphatic heterocycles. The van der Waals surface area contributed by atoms with E-state index < -0.39 is 0 Å². The SMILES string of the molecule is C=CCOc1ccccc1C(=O)NC1CCC(N)CC1. The van der Waals surface area contributed by atoms with Crippen LogP contribution in [0.5, 0.6) is 5.75 Å². The Morgan fingerprint density at radius 2 is 2.05 bits per heavy atom. The van der Waals surface area contributed by atoms with E-state index in [1.807, 2.05) is 12.1 Å². The Hall–Kier alpha value is -1.81.